The van der Waals surface area contributed by atoms with Crippen LogP contribution in [-0.4, -0.2) is 59.7 Å². The summed E-state index contributed by atoms with van der Waals surface area (Å²) in [7, 11) is 1.84. The molecule has 0 unspecified atom stereocenters. The Morgan fingerprint density at radius 1 is 1.32 bits per heavy atom. The first-order chi connectivity index (χ1) is 10.2. The minimum absolute atomic E-state index is 0.0415. The highest BCUT2D eigenvalue weighted by Crippen LogP contribution is 2.29. The second-order valence-corrected chi connectivity index (χ2v) is 7.26. The molecule has 0 saturated heterocycles. The minimum atomic E-state index is -0.671. The molecule has 3 N–H and O–H groups in total. The maximum Gasteiger partial charge on any atom is 0.240 e. The van der Waals surface area contributed by atoms with Crippen LogP contribution in [0.2, 0.25) is 0 Å². The summed E-state index contributed by atoms with van der Waals surface area (Å²) in [5.41, 5.74) is -0.915. The summed E-state index contributed by atoms with van der Waals surface area (Å²) in [6.07, 6.45) is 3.74. The lowest BCUT2D eigenvalue weighted by molar-refractivity contribution is -0.122. The predicted molar refractivity (Wildman–Crippen MR) is 89.9 cm³/mol. The lowest BCUT2D eigenvalue weighted by atomic mass is 10.0. The molecule has 0 atom stereocenters. The average molecular weight is 312 g/mol. The van der Waals surface area contributed by atoms with Gasteiger partial charge in [-0.25, -0.2) is 0 Å². The molecule has 6 heteroatoms. The molecule has 1 rings (SSSR count). The van der Waals surface area contributed by atoms with E-state index >= 15 is 0 Å². The van der Waals surface area contributed by atoms with Gasteiger partial charge in [-0.3, -0.25) is 9.79 Å². The van der Waals surface area contributed by atoms with E-state index in [1.165, 1.54) is 0 Å². The van der Waals surface area contributed by atoms with Gasteiger partial charge in [0.15, 0.2) is 5.96 Å². The van der Waals surface area contributed by atoms with Gasteiger partial charge in [0, 0.05) is 19.1 Å². The third-order valence-corrected chi connectivity index (χ3v) is 3.65. The molecule has 0 aromatic heterocycles. The zero-order chi connectivity index (χ0) is 16.8. The summed E-state index contributed by atoms with van der Waals surface area (Å²) in [6, 6.07) is 0. The van der Waals surface area contributed by atoms with E-state index in [1.54, 1.807) is 4.90 Å². The van der Waals surface area contributed by atoms with Crippen LogP contribution in [0.4, 0.5) is 0 Å². The normalized spacial score (nSPS) is 18.2. The Morgan fingerprint density at radius 2 is 1.91 bits per heavy atom. The van der Waals surface area contributed by atoms with Crippen molar-refractivity contribution >= 4 is 11.9 Å². The fraction of sp³-hybridized carbons (Fsp3) is 0.875. The SMILES string of the molecule is CCNC(=NCC1(O)CCCC1)N(C)CC(=O)NC(C)(C)C. The van der Waals surface area contributed by atoms with Crippen molar-refractivity contribution in [3.8, 4) is 0 Å². The van der Waals surface area contributed by atoms with E-state index in [9.17, 15) is 9.90 Å². The van der Waals surface area contributed by atoms with Crippen LogP contribution in [0.15, 0.2) is 4.99 Å². The number of amides is 1. The number of rotatable bonds is 5. The Morgan fingerprint density at radius 3 is 2.41 bits per heavy atom. The zero-order valence-electron chi connectivity index (χ0n) is 14.7. The Labute approximate surface area is 134 Å². The van der Waals surface area contributed by atoms with Gasteiger partial charge in [0.05, 0.1) is 18.7 Å². The minimum Gasteiger partial charge on any atom is -0.388 e. The van der Waals surface area contributed by atoms with Crippen molar-refractivity contribution in [2.24, 2.45) is 4.99 Å². The average Bonchev–Trinajstić information content (AvgIpc) is 2.79. The molecule has 0 aromatic carbocycles. The van der Waals surface area contributed by atoms with Crippen LogP contribution in [0, 0.1) is 0 Å². The van der Waals surface area contributed by atoms with E-state index in [2.05, 4.69) is 15.6 Å². The van der Waals surface area contributed by atoms with E-state index in [1.807, 2.05) is 34.7 Å². The van der Waals surface area contributed by atoms with Crippen molar-refractivity contribution in [3.05, 3.63) is 0 Å². The molecular formula is C16H32N4O2. The van der Waals surface area contributed by atoms with Gasteiger partial charge in [0.2, 0.25) is 5.91 Å². The molecule has 1 fully saturated rings. The maximum absolute atomic E-state index is 12.0. The second-order valence-electron chi connectivity index (χ2n) is 7.26. The van der Waals surface area contributed by atoms with Gasteiger partial charge >= 0.3 is 0 Å². The molecule has 0 spiro atoms. The van der Waals surface area contributed by atoms with Crippen LogP contribution >= 0.6 is 0 Å². The quantitative estimate of drug-likeness (QED) is 0.525. The van der Waals surface area contributed by atoms with E-state index in [0.29, 0.717) is 12.5 Å². The number of aliphatic imine (C=N–C) groups is 1. The molecular weight excluding hydrogens is 280 g/mol. The van der Waals surface area contributed by atoms with Gasteiger partial charge in [-0.2, -0.15) is 0 Å². The van der Waals surface area contributed by atoms with Crippen molar-refractivity contribution in [1.82, 2.24) is 15.5 Å². The molecule has 6 nitrogen and oxygen atoms in total. The number of likely N-dealkylation sites (N-methyl/N-ethyl adjacent to an activating group) is 1. The van der Waals surface area contributed by atoms with Crippen molar-refractivity contribution in [1.29, 1.82) is 0 Å². The molecule has 128 valence electrons. The lowest BCUT2D eigenvalue weighted by Crippen LogP contribution is -2.49. The summed E-state index contributed by atoms with van der Waals surface area (Å²) in [5.74, 6) is 0.618. The molecule has 0 bridgehead atoms. The number of carbonyl (C=O) groups is 1. The Hall–Kier alpha value is -1.30. The van der Waals surface area contributed by atoms with Crippen LogP contribution in [0.3, 0.4) is 0 Å². The number of hydrogen-bond donors (Lipinski definition) is 3. The smallest absolute Gasteiger partial charge is 0.240 e. The van der Waals surface area contributed by atoms with Crippen LogP contribution in [0.25, 0.3) is 0 Å². The molecule has 0 radical (unpaired) electrons. The molecule has 1 aliphatic carbocycles. The number of guanidine groups is 1. The number of aliphatic hydroxyl groups is 1. The second kappa shape index (κ2) is 7.81. The van der Waals surface area contributed by atoms with Crippen LogP contribution < -0.4 is 10.6 Å². The third-order valence-electron chi connectivity index (χ3n) is 3.65. The molecule has 0 aliphatic heterocycles. The standard InChI is InChI=1S/C16H32N4O2/c1-6-17-14(18-12-16(22)9-7-8-10-16)20(5)11-13(21)19-15(2,3)4/h22H,6-12H2,1-5H3,(H,17,18)(H,19,21). The van der Waals surface area contributed by atoms with Crippen LogP contribution in [0.1, 0.15) is 53.4 Å². The van der Waals surface area contributed by atoms with Gasteiger partial charge in [-0.1, -0.05) is 12.8 Å². The van der Waals surface area contributed by atoms with Crippen molar-refractivity contribution in [2.45, 2.75) is 64.5 Å². The number of nitrogens with one attached hydrogen (secondary N) is 2. The van der Waals surface area contributed by atoms with E-state index in [0.717, 1.165) is 32.2 Å². The topological polar surface area (TPSA) is 77.0 Å². The van der Waals surface area contributed by atoms with Gasteiger partial charge in [-0.15, -0.1) is 0 Å². The first kappa shape index (κ1) is 18.7. The van der Waals surface area contributed by atoms with E-state index < -0.39 is 5.60 Å². The number of nitrogens with zero attached hydrogens (tertiary/aromatic N) is 2. The lowest BCUT2D eigenvalue weighted by Gasteiger charge is -2.26. The predicted octanol–water partition coefficient (Wildman–Crippen LogP) is 1.10. The number of carbonyl (C=O) groups excluding carboxylic acids is 1. The highest BCUT2D eigenvalue weighted by Gasteiger charge is 2.31. The van der Waals surface area contributed by atoms with Crippen LogP contribution in [-0.2, 0) is 4.79 Å². The Bertz CT molecular complexity index is 395. The zero-order valence-corrected chi connectivity index (χ0v) is 14.7. The molecule has 0 heterocycles. The highest BCUT2D eigenvalue weighted by atomic mass is 16.3. The Kier molecular flexibility index (Phi) is 6.66. The largest absolute Gasteiger partial charge is 0.388 e. The first-order valence-electron chi connectivity index (χ1n) is 8.18. The summed E-state index contributed by atoms with van der Waals surface area (Å²) >= 11 is 0. The molecule has 1 amide bonds. The summed E-state index contributed by atoms with van der Waals surface area (Å²) < 4.78 is 0. The first-order valence-corrected chi connectivity index (χ1v) is 8.18. The van der Waals surface area contributed by atoms with E-state index in [-0.39, 0.29) is 18.0 Å². The maximum atomic E-state index is 12.0. The van der Waals surface area contributed by atoms with Gasteiger partial charge in [-0.05, 0) is 40.5 Å². The fourth-order valence-electron chi connectivity index (χ4n) is 2.63. The highest BCUT2D eigenvalue weighted by molar-refractivity contribution is 5.86. The summed E-state index contributed by atoms with van der Waals surface area (Å²) in [6.45, 7) is 9.22. The van der Waals surface area contributed by atoms with Gasteiger partial charge < -0.3 is 20.6 Å². The van der Waals surface area contributed by atoms with Gasteiger partial charge in [0.1, 0.15) is 0 Å². The Balaban J connectivity index is 2.62. The molecule has 1 aliphatic rings. The third kappa shape index (κ3) is 6.64. The molecule has 0 aromatic rings. The van der Waals surface area contributed by atoms with E-state index in [4.69, 9.17) is 0 Å². The molecule has 1 saturated carbocycles. The fourth-order valence-corrected chi connectivity index (χ4v) is 2.63. The van der Waals surface area contributed by atoms with Crippen molar-refractivity contribution in [3.63, 3.8) is 0 Å². The monoisotopic (exact) mass is 312 g/mol. The number of hydrogen-bond acceptors (Lipinski definition) is 3. The van der Waals surface area contributed by atoms with Crippen molar-refractivity contribution < 1.29 is 9.90 Å². The van der Waals surface area contributed by atoms with Crippen molar-refractivity contribution in [2.75, 3.05) is 26.7 Å². The summed E-state index contributed by atoms with van der Waals surface area (Å²) in [4.78, 5) is 18.3. The molecule has 22 heavy (non-hydrogen) atoms. The van der Waals surface area contributed by atoms with Gasteiger partial charge in [0.25, 0.3) is 0 Å². The van der Waals surface area contributed by atoms with Crippen LogP contribution in [0.5, 0.6) is 0 Å². The summed E-state index contributed by atoms with van der Waals surface area (Å²) in [5, 5.41) is 16.5.